The summed E-state index contributed by atoms with van der Waals surface area (Å²) in [6.45, 7) is 2.07. The third-order valence-corrected chi connectivity index (χ3v) is 2.62. The SMILES string of the molecule is CCc1[nH]c2ccc(N)cc2c1Cl. The first-order valence-corrected chi connectivity index (χ1v) is 4.65. The molecule has 3 heteroatoms. The van der Waals surface area contributed by atoms with Gasteiger partial charge in [0.25, 0.3) is 0 Å². The van der Waals surface area contributed by atoms with Crippen LogP contribution in [-0.4, -0.2) is 4.98 Å². The van der Waals surface area contributed by atoms with Crippen molar-refractivity contribution in [1.82, 2.24) is 4.98 Å². The number of nitrogens with two attached hydrogens (primary N) is 1. The molecule has 2 aromatic rings. The van der Waals surface area contributed by atoms with Crippen LogP contribution in [0.4, 0.5) is 5.69 Å². The lowest BCUT2D eigenvalue weighted by atomic mass is 10.2. The summed E-state index contributed by atoms with van der Waals surface area (Å²) in [4.78, 5) is 3.25. The van der Waals surface area contributed by atoms with Crippen LogP contribution in [0, 0.1) is 0 Å². The number of aryl methyl sites for hydroxylation is 1. The van der Waals surface area contributed by atoms with E-state index in [2.05, 4.69) is 11.9 Å². The quantitative estimate of drug-likeness (QED) is 0.674. The van der Waals surface area contributed by atoms with Gasteiger partial charge in [-0.3, -0.25) is 0 Å². The number of H-pyrrole nitrogens is 1. The third kappa shape index (κ3) is 1.27. The maximum absolute atomic E-state index is 6.14. The van der Waals surface area contributed by atoms with Crippen molar-refractivity contribution in [2.75, 3.05) is 5.73 Å². The van der Waals surface area contributed by atoms with Gasteiger partial charge in [0, 0.05) is 22.3 Å². The number of aromatic nitrogens is 1. The summed E-state index contributed by atoms with van der Waals surface area (Å²) in [6.07, 6.45) is 0.910. The smallest absolute Gasteiger partial charge is 0.0692 e. The first-order chi connectivity index (χ1) is 6.22. The molecule has 0 saturated heterocycles. The van der Waals surface area contributed by atoms with Gasteiger partial charge in [0.2, 0.25) is 0 Å². The Kier molecular flexibility index (Phi) is 1.93. The van der Waals surface area contributed by atoms with Crippen molar-refractivity contribution in [3.8, 4) is 0 Å². The minimum Gasteiger partial charge on any atom is -0.399 e. The number of benzene rings is 1. The normalized spacial score (nSPS) is 10.9. The van der Waals surface area contributed by atoms with E-state index in [0.717, 1.165) is 33.7 Å². The molecule has 0 unspecified atom stereocenters. The first kappa shape index (κ1) is 8.45. The average Bonchev–Trinajstić information content (AvgIpc) is 2.44. The third-order valence-electron chi connectivity index (χ3n) is 2.18. The minimum atomic E-state index is 0.746. The van der Waals surface area contributed by atoms with E-state index in [4.69, 9.17) is 17.3 Å². The zero-order valence-corrected chi connectivity index (χ0v) is 8.15. The lowest BCUT2D eigenvalue weighted by Crippen LogP contribution is -1.81. The zero-order chi connectivity index (χ0) is 9.42. The summed E-state index contributed by atoms with van der Waals surface area (Å²) < 4.78 is 0. The number of hydrogen-bond acceptors (Lipinski definition) is 1. The highest BCUT2D eigenvalue weighted by Crippen LogP contribution is 2.28. The predicted molar refractivity (Wildman–Crippen MR) is 57.1 cm³/mol. The molecule has 0 fully saturated rings. The topological polar surface area (TPSA) is 41.8 Å². The number of rotatable bonds is 1. The van der Waals surface area contributed by atoms with Gasteiger partial charge in [0.15, 0.2) is 0 Å². The fraction of sp³-hybridized carbons (Fsp3) is 0.200. The van der Waals surface area contributed by atoms with Crippen LogP contribution < -0.4 is 5.73 Å². The molecule has 0 bridgehead atoms. The Labute approximate surface area is 81.7 Å². The highest BCUT2D eigenvalue weighted by atomic mass is 35.5. The molecule has 0 spiro atoms. The Bertz CT molecular complexity index is 445. The van der Waals surface area contributed by atoms with E-state index in [-0.39, 0.29) is 0 Å². The van der Waals surface area contributed by atoms with Crippen molar-refractivity contribution in [3.05, 3.63) is 28.9 Å². The first-order valence-electron chi connectivity index (χ1n) is 4.28. The van der Waals surface area contributed by atoms with Crippen molar-refractivity contribution >= 4 is 28.2 Å². The fourth-order valence-electron chi connectivity index (χ4n) is 1.48. The Morgan fingerprint density at radius 3 is 2.92 bits per heavy atom. The minimum absolute atomic E-state index is 0.746. The molecule has 0 aliphatic rings. The summed E-state index contributed by atoms with van der Waals surface area (Å²) in [5.74, 6) is 0. The maximum atomic E-state index is 6.14. The second-order valence-corrected chi connectivity index (χ2v) is 3.45. The van der Waals surface area contributed by atoms with Gasteiger partial charge in [-0.25, -0.2) is 0 Å². The molecule has 13 heavy (non-hydrogen) atoms. The van der Waals surface area contributed by atoms with Crippen molar-refractivity contribution in [1.29, 1.82) is 0 Å². The lowest BCUT2D eigenvalue weighted by Gasteiger charge is -1.92. The van der Waals surface area contributed by atoms with Crippen molar-refractivity contribution in [2.24, 2.45) is 0 Å². The van der Waals surface area contributed by atoms with Gasteiger partial charge in [-0.05, 0) is 24.6 Å². The maximum Gasteiger partial charge on any atom is 0.0692 e. The van der Waals surface area contributed by atoms with E-state index >= 15 is 0 Å². The fourth-order valence-corrected chi connectivity index (χ4v) is 1.81. The Morgan fingerprint density at radius 2 is 2.23 bits per heavy atom. The molecule has 1 aromatic carbocycles. The van der Waals surface area contributed by atoms with E-state index in [9.17, 15) is 0 Å². The summed E-state index contributed by atoms with van der Waals surface area (Å²) >= 11 is 6.14. The highest BCUT2D eigenvalue weighted by Gasteiger charge is 2.07. The molecule has 0 saturated carbocycles. The van der Waals surface area contributed by atoms with Crippen LogP contribution >= 0.6 is 11.6 Å². The second-order valence-electron chi connectivity index (χ2n) is 3.08. The number of halogens is 1. The molecule has 0 amide bonds. The van der Waals surface area contributed by atoms with Crippen molar-refractivity contribution in [3.63, 3.8) is 0 Å². The Hall–Kier alpha value is -1.15. The molecule has 0 aliphatic heterocycles. The number of aromatic amines is 1. The Morgan fingerprint density at radius 1 is 1.46 bits per heavy atom. The van der Waals surface area contributed by atoms with E-state index in [1.807, 2.05) is 18.2 Å². The van der Waals surface area contributed by atoms with Gasteiger partial charge in [0.05, 0.1) is 5.02 Å². The van der Waals surface area contributed by atoms with Crippen LogP contribution in [0.15, 0.2) is 18.2 Å². The van der Waals surface area contributed by atoms with Gasteiger partial charge < -0.3 is 10.7 Å². The molecule has 2 nitrogen and oxygen atoms in total. The van der Waals surface area contributed by atoms with Gasteiger partial charge >= 0.3 is 0 Å². The summed E-state index contributed by atoms with van der Waals surface area (Å²) in [7, 11) is 0. The van der Waals surface area contributed by atoms with Gasteiger partial charge in [-0.15, -0.1) is 0 Å². The highest BCUT2D eigenvalue weighted by molar-refractivity contribution is 6.36. The number of nitrogen functional groups attached to an aromatic ring is 1. The van der Waals surface area contributed by atoms with Crippen LogP contribution in [-0.2, 0) is 6.42 Å². The molecule has 3 N–H and O–H groups in total. The molecule has 0 aliphatic carbocycles. The van der Waals surface area contributed by atoms with Crippen LogP contribution in [0.25, 0.3) is 10.9 Å². The van der Waals surface area contributed by atoms with Gasteiger partial charge in [-0.2, -0.15) is 0 Å². The molecular weight excluding hydrogens is 184 g/mol. The van der Waals surface area contributed by atoms with Gasteiger partial charge in [0.1, 0.15) is 0 Å². The number of anilines is 1. The van der Waals surface area contributed by atoms with Crippen LogP contribution in [0.2, 0.25) is 5.02 Å². The molecule has 1 aromatic heterocycles. The predicted octanol–water partition coefficient (Wildman–Crippen LogP) is 2.97. The van der Waals surface area contributed by atoms with Crippen LogP contribution in [0.1, 0.15) is 12.6 Å². The van der Waals surface area contributed by atoms with E-state index in [0.29, 0.717) is 0 Å². The van der Waals surface area contributed by atoms with Crippen LogP contribution in [0.3, 0.4) is 0 Å². The van der Waals surface area contributed by atoms with E-state index in [1.165, 1.54) is 0 Å². The molecule has 0 radical (unpaired) electrons. The van der Waals surface area contributed by atoms with E-state index < -0.39 is 0 Å². The number of fused-ring (bicyclic) bond motifs is 1. The molecule has 68 valence electrons. The molecule has 2 rings (SSSR count). The molecule has 0 atom stereocenters. The van der Waals surface area contributed by atoms with E-state index in [1.54, 1.807) is 0 Å². The zero-order valence-electron chi connectivity index (χ0n) is 7.39. The second kappa shape index (κ2) is 2.96. The standard InChI is InChI=1S/C10H11ClN2/c1-2-8-10(11)7-5-6(12)3-4-9(7)13-8/h3-5,13H,2,12H2,1H3. The van der Waals surface area contributed by atoms with Crippen LogP contribution in [0.5, 0.6) is 0 Å². The van der Waals surface area contributed by atoms with Crippen molar-refractivity contribution in [2.45, 2.75) is 13.3 Å². The monoisotopic (exact) mass is 194 g/mol. The van der Waals surface area contributed by atoms with Crippen molar-refractivity contribution < 1.29 is 0 Å². The summed E-state index contributed by atoms with van der Waals surface area (Å²) in [6, 6.07) is 5.72. The largest absolute Gasteiger partial charge is 0.399 e. The molecular formula is C10H11ClN2. The average molecular weight is 195 g/mol. The Balaban J connectivity index is 2.77. The summed E-state index contributed by atoms with van der Waals surface area (Å²) in [5.41, 5.74) is 8.54. The number of nitrogens with one attached hydrogen (secondary N) is 1. The summed E-state index contributed by atoms with van der Waals surface area (Å²) in [5, 5.41) is 1.81. The lowest BCUT2D eigenvalue weighted by molar-refractivity contribution is 1.07. The van der Waals surface area contributed by atoms with Gasteiger partial charge in [-0.1, -0.05) is 18.5 Å². The number of hydrogen-bond donors (Lipinski definition) is 2. The molecule has 1 heterocycles.